The molecule has 2 N–H and O–H groups in total. The maximum absolute atomic E-state index is 14.4. The van der Waals surface area contributed by atoms with E-state index in [9.17, 15) is 14.0 Å². The van der Waals surface area contributed by atoms with Gasteiger partial charge in [-0.25, -0.2) is 9.37 Å². The Bertz CT molecular complexity index is 1320. The molecule has 2 aromatic carbocycles. The Morgan fingerprint density at radius 1 is 1.09 bits per heavy atom. The van der Waals surface area contributed by atoms with Crippen LogP contribution in [0.1, 0.15) is 40.0 Å². The summed E-state index contributed by atoms with van der Waals surface area (Å²) in [5, 5.41) is 0.409. The number of primary amides is 1. The molecule has 1 unspecified atom stereocenters. The van der Waals surface area contributed by atoms with E-state index >= 15 is 0 Å². The molecule has 2 saturated carbocycles. The number of amides is 2. The van der Waals surface area contributed by atoms with Crippen LogP contribution in [0.3, 0.4) is 0 Å². The molecule has 1 heterocycles. The first kappa shape index (κ1) is 23.6. The van der Waals surface area contributed by atoms with Gasteiger partial charge in [-0.2, -0.15) is 0 Å². The van der Waals surface area contributed by atoms with Crippen LogP contribution in [0.15, 0.2) is 48.7 Å². The molecule has 2 aliphatic carbocycles. The standard InChI is InChI=1S/C26H22Cl2FN3O3/c1-32(26(34)23-20(28)3-2-4-21(23)29)25-22(35-17-8-14-7-15(14)9-17)11-16(12-31-25)18-10-13(24(30)33)5-6-19(18)27/h2-6,10-12,14-15,17H,7-9H2,1H3,(H2,30,33)/t14-,15+,17?. The van der Waals surface area contributed by atoms with Crippen molar-refractivity contribution in [1.82, 2.24) is 4.98 Å². The zero-order valence-corrected chi connectivity index (χ0v) is 20.3. The van der Waals surface area contributed by atoms with Crippen LogP contribution >= 0.6 is 23.2 Å². The average Bonchev–Trinajstić information content (AvgIpc) is 3.44. The quantitative estimate of drug-likeness (QED) is 0.454. The van der Waals surface area contributed by atoms with Crippen LogP contribution in [0.25, 0.3) is 11.1 Å². The first-order chi connectivity index (χ1) is 16.7. The highest BCUT2D eigenvalue weighted by Gasteiger charge is 2.47. The van der Waals surface area contributed by atoms with E-state index in [4.69, 9.17) is 33.7 Å². The van der Waals surface area contributed by atoms with Crippen molar-refractivity contribution in [2.75, 3.05) is 11.9 Å². The molecule has 1 aromatic heterocycles. The SMILES string of the molecule is CN(C(=O)c1c(F)cccc1Cl)c1ncc(-c2cc(C(N)=O)ccc2Cl)cc1OC1C[C@@H]2C[C@@H]2C1. The van der Waals surface area contributed by atoms with E-state index in [0.717, 1.165) is 12.8 Å². The number of fused-ring (bicyclic) bond motifs is 1. The van der Waals surface area contributed by atoms with Crippen LogP contribution in [0.5, 0.6) is 5.75 Å². The van der Waals surface area contributed by atoms with Crippen LogP contribution in [0, 0.1) is 17.7 Å². The van der Waals surface area contributed by atoms with Crippen molar-refractivity contribution < 1.29 is 18.7 Å². The van der Waals surface area contributed by atoms with E-state index in [1.54, 1.807) is 24.3 Å². The lowest BCUT2D eigenvalue weighted by Crippen LogP contribution is -2.29. The number of rotatable bonds is 6. The Morgan fingerprint density at radius 2 is 1.83 bits per heavy atom. The summed E-state index contributed by atoms with van der Waals surface area (Å²) in [5.74, 6) is -0.0175. The molecule has 6 nitrogen and oxygen atoms in total. The fourth-order valence-electron chi connectivity index (χ4n) is 4.72. The van der Waals surface area contributed by atoms with Gasteiger partial charge in [-0.1, -0.05) is 29.3 Å². The van der Waals surface area contributed by atoms with Gasteiger partial charge < -0.3 is 10.5 Å². The predicted octanol–water partition coefficient (Wildman–Crippen LogP) is 5.75. The van der Waals surface area contributed by atoms with Crippen LogP contribution < -0.4 is 15.4 Å². The smallest absolute Gasteiger partial charge is 0.263 e. The number of nitrogens with two attached hydrogens (primary N) is 1. The predicted molar refractivity (Wildman–Crippen MR) is 133 cm³/mol. The molecule has 3 atom stereocenters. The highest BCUT2D eigenvalue weighted by Crippen LogP contribution is 2.53. The molecule has 0 spiro atoms. The molecule has 0 aliphatic heterocycles. The Balaban J connectivity index is 1.55. The Kier molecular flexibility index (Phi) is 6.15. The third-order valence-corrected chi connectivity index (χ3v) is 7.33. The van der Waals surface area contributed by atoms with Crippen molar-refractivity contribution in [1.29, 1.82) is 0 Å². The molecule has 3 aromatic rings. The summed E-state index contributed by atoms with van der Waals surface area (Å²) in [6.07, 6.45) is 4.60. The van der Waals surface area contributed by atoms with E-state index in [1.807, 2.05) is 0 Å². The highest BCUT2D eigenvalue weighted by atomic mass is 35.5. The van der Waals surface area contributed by atoms with Gasteiger partial charge in [0.15, 0.2) is 11.6 Å². The van der Waals surface area contributed by atoms with Gasteiger partial charge in [0.05, 0.1) is 16.7 Å². The first-order valence-electron chi connectivity index (χ1n) is 11.2. The summed E-state index contributed by atoms with van der Waals surface area (Å²) < 4.78 is 20.8. The number of ether oxygens (including phenoxy) is 1. The van der Waals surface area contributed by atoms with E-state index in [2.05, 4.69) is 4.98 Å². The molecule has 2 fully saturated rings. The van der Waals surface area contributed by atoms with Gasteiger partial charge in [0, 0.05) is 35.0 Å². The van der Waals surface area contributed by atoms with Crippen molar-refractivity contribution in [2.45, 2.75) is 25.4 Å². The van der Waals surface area contributed by atoms with Gasteiger partial charge in [-0.3, -0.25) is 14.5 Å². The molecule has 35 heavy (non-hydrogen) atoms. The fourth-order valence-corrected chi connectivity index (χ4v) is 5.19. The summed E-state index contributed by atoms with van der Waals surface area (Å²) >= 11 is 12.5. The molecule has 5 rings (SSSR count). The van der Waals surface area contributed by atoms with Crippen LogP contribution in [0.2, 0.25) is 10.0 Å². The van der Waals surface area contributed by atoms with Crippen molar-refractivity contribution in [2.24, 2.45) is 17.6 Å². The number of benzene rings is 2. The number of carbonyl (C=O) groups excluding carboxylic acids is 2. The third-order valence-electron chi connectivity index (χ3n) is 6.69. The molecular formula is C26H22Cl2FN3O3. The summed E-state index contributed by atoms with van der Waals surface area (Å²) in [6.45, 7) is 0. The number of anilines is 1. The molecule has 180 valence electrons. The van der Waals surface area contributed by atoms with Crippen molar-refractivity contribution >= 4 is 40.8 Å². The lowest BCUT2D eigenvalue weighted by Gasteiger charge is -2.23. The molecule has 0 bridgehead atoms. The summed E-state index contributed by atoms with van der Waals surface area (Å²) in [7, 11) is 1.49. The number of hydrogen-bond acceptors (Lipinski definition) is 4. The lowest BCUT2D eigenvalue weighted by molar-refractivity contribution is 0.0983. The monoisotopic (exact) mass is 513 g/mol. The van der Waals surface area contributed by atoms with Crippen LogP contribution in [0.4, 0.5) is 10.2 Å². The second-order valence-electron chi connectivity index (χ2n) is 9.03. The fraction of sp³-hybridized carbons (Fsp3) is 0.269. The van der Waals surface area contributed by atoms with Crippen molar-refractivity contribution in [3.05, 3.63) is 75.7 Å². The van der Waals surface area contributed by atoms with Gasteiger partial charge in [-0.05, 0) is 67.5 Å². The second-order valence-corrected chi connectivity index (χ2v) is 9.85. The third kappa shape index (κ3) is 4.58. The summed E-state index contributed by atoms with van der Waals surface area (Å²) in [6, 6.07) is 10.5. The Morgan fingerprint density at radius 3 is 2.51 bits per heavy atom. The number of carbonyl (C=O) groups is 2. The summed E-state index contributed by atoms with van der Waals surface area (Å²) in [4.78, 5) is 30.6. The van der Waals surface area contributed by atoms with Gasteiger partial charge in [0.25, 0.3) is 5.91 Å². The largest absolute Gasteiger partial charge is 0.486 e. The molecule has 2 aliphatic rings. The highest BCUT2D eigenvalue weighted by molar-refractivity contribution is 6.34. The van der Waals surface area contributed by atoms with Gasteiger partial charge in [0.1, 0.15) is 5.82 Å². The minimum atomic E-state index is -0.723. The number of halogens is 3. The van der Waals surface area contributed by atoms with Crippen molar-refractivity contribution in [3.63, 3.8) is 0 Å². The Hall–Kier alpha value is -3.16. The van der Waals surface area contributed by atoms with E-state index in [0.29, 0.717) is 39.3 Å². The van der Waals surface area contributed by atoms with Gasteiger partial charge in [0.2, 0.25) is 5.91 Å². The molecular weight excluding hydrogens is 492 g/mol. The van der Waals surface area contributed by atoms with Crippen LogP contribution in [-0.4, -0.2) is 29.9 Å². The molecule has 0 radical (unpaired) electrons. The van der Waals surface area contributed by atoms with Crippen LogP contribution in [-0.2, 0) is 0 Å². The zero-order chi connectivity index (χ0) is 24.9. The number of hydrogen-bond donors (Lipinski definition) is 1. The minimum absolute atomic E-state index is 0.00636. The second kappa shape index (κ2) is 9.13. The molecule has 0 saturated heterocycles. The number of pyridine rings is 1. The normalized spacial score (nSPS) is 20.3. The maximum atomic E-state index is 14.4. The molecule has 2 amide bonds. The van der Waals surface area contributed by atoms with Crippen molar-refractivity contribution in [3.8, 4) is 16.9 Å². The van der Waals surface area contributed by atoms with E-state index in [-0.39, 0.29) is 22.5 Å². The number of nitrogens with zero attached hydrogens (tertiary/aromatic N) is 2. The summed E-state index contributed by atoms with van der Waals surface area (Å²) in [5.41, 5.74) is 6.63. The lowest BCUT2D eigenvalue weighted by atomic mass is 10.0. The van der Waals surface area contributed by atoms with Gasteiger partial charge in [-0.15, -0.1) is 0 Å². The van der Waals surface area contributed by atoms with E-state index in [1.165, 1.54) is 42.8 Å². The first-order valence-corrected chi connectivity index (χ1v) is 12.0. The maximum Gasteiger partial charge on any atom is 0.263 e. The molecule has 9 heteroatoms. The van der Waals surface area contributed by atoms with Gasteiger partial charge >= 0.3 is 0 Å². The minimum Gasteiger partial charge on any atom is -0.486 e. The van der Waals surface area contributed by atoms with E-state index < -0.39 is 17.6 Å². The zero-order valence-electron chi connectivity index (χ0n) is 18.8. The average molecular weight is 514 g/mol. The number of aromatic nitrogens is 1. The Labute approximate surface area is 211 Å². The topological polar surface area (TPSA) is 85.5 Å².